The summed E-state index contributed by atoms with van der Waals surface area (Å²) in [5.74, 6) is -0.254. The number of methoxy groups -OCH3 is 1. The molecule has 3 heteroatoms. The molecule has 1 fully saturated rings. The summed E-state index contributed by atoms with van der Waals surface area (Å²) in [5.41, 5.74) is 4.69. The van der Waals surface area contributed by atoms with Crippen molar-refractivity contribution in [1.82, 2.24) is 4.90 Å². The largest absolute Gasteiger partial charge is 0.465 e. The highest BCUT2D eigenvalue weighted by molar-refractivity contribution is 5.90. The van der Waals surface area contributed by atoms with Crippen molar-refractivity contribution in [3.05, 3.63) is 40.5 Å². The molecule has 1 aliphatic heterocycles. The Hall–Kier alpha value is -1.61. The molecule has 21 heavy (non-hydrogen) atoms. The Bertz CT molecular complexity index is 556. The summed E-state index contributed by atoms with van der Waals surface area (Å²) in [4.78, 5) is 14.2. The van der Waals surface area contributed by atoms with E-state index in [9.17, 15) is 4.79 Å². The molecule has 1 aromatic carbocycles. The lowest BCUT2D eigenvalue weighted by Gasteiger charge is -2.20. The first-order valence-electron chi connectivity index (χ1n) is 7.89. The number of carbonyl (C=O) groups excluding carboxylic acids is 1. The van der Waals surface area contributed by atoms with Crippen LogP contribution < -0.4 is 0 Å². The fourth-order valence-corrected chi connectivity index (χ4v) is 3.29. The Morgan fingerprint density at radius 2 is 2.05 bits per heavy atom. The predicted octanol–water partition coefficient (Wildman–Crippen LogP) is 3.29. The van der Waals surface area contributed by atoms with Gasteiger partial charge >= 0.3 is 5.97 Å². The maximum atomic E-state index is 11.6. The van der Waals surface area contributed by atoms with E-state index in [1.807, 2.05) is 12.1 Å². The molecule has 3 nitrogen and oxygen atoms in total. The third-order valence-electron chi connectivity index (χ3n) is 4.59. The molecule has 1 saturated heterocycles. The van der Waals surface area contributed by atoms with Gasteiger partial charge < -0.3 is 9.64 Å². The molecule has 0 atom stereocenters. The number of nitrogens with zero attached hydrogens (tertiary/aromatic N) is 1. The van der Waals surface area contributed by atoms with Gasteiger partial charge in [0.25, 0.3) is 0 Å². The normalized spacial score (nSPS) is 18.2. The lowest BCUT2D eigenvalue weighted by Crippen LogP contribution is -2.21. The number of hydrogen-bond donors (Lipinski definition) is 0. The summed E-state index contributed by atoms with van der Waals surface area (Å²) < 4.78 is 4.80. The van der Waals surface area contributed by atoms with E-state index in [-0.39, 0.29) is 5.97 Å². The highest BCUT2D eigenvalue weighted by Crippen LogP contribution is 2.27. The van der Waals surface area contributed by atoms with Crippen molar-refractivity contribution in [2.24, 2.45) is 0 Å². The topological polar surface area (TPSA) is 29.5 Å². The second kappa shape index (κ2) is 6.44. The Kier molecular flexibility index (Phi) is 4.39. The van der Waals surface area contributed by atoms with Gasteiger partial charge in [0, 0.05) is 6.54 Å². The van der Waals surface area contributed by atoms with Gasteiger partial charge in [0.15, 0.2) is 0 Å². The molecule has 0 unspecified atom stereocenters. The van der Waals surface area contributed by atoms with Crippen LogP contribution in [0.3, 0.4) is 0 Å². The number of aryl methyl sites for hydroxylation is 1. The molecule has 3 rings (SSSR count). The molecule has 0 amide bonds. The monoisotopic (exact) mass is 285 g/mol. The number of benzene rings is 1. The van der Waals surface area contributed by atoms with Crippen molar-refractivity contribution < 1.29 is 9.53 Å². The van der Waals surface area contributed by atoms with Crippen molar-refractivity contribution in [3.8, 4) is 0 Å². The second-order valence-corrected chi connectivity index (χ2v) is 6.01. The number of rotatable bonds is 4. The van der Waals surface area contributed by atoms with Crippen LogP contribution in [0.2, 0.25) is 0 Å². The predicted molar refractivity (Wildman–Crippen MR) is 84.4 cm³/mol. The SMILES string of the molecule is COC(=O)c1ccc2c(c1)C=C(CCN1CCCC1)CC2. The molecule has 0 bridgehead atoms. The van der Waals surface area contributed by atoms with E-state index < -0.39 is 0 Å². The van der Waals surface area contributed by atoms with Crippen LogP contribution in [0.4, 0.5) is 0 Å². The Morgan fingerprint density at radius 3 is 2.81 bits per heavy atom. The highest BCUT2D eigenvalue weighted by atomic mass is 16.5. The van der Waals surface area contributed by atoms with Gasteiger partial charge in [-0.05, 0) is 68.5 Å². The minimum Gasteiger partial charge on any atom is -0.465 e. The van der Waals surface area contributed by atoms with Crippen LogP contribution in [0.5, 0.6) is 0 Å². The molecule has 2 aliphatic rings. The van der Waals surface area contributed by atoms with Gasteiger partial charge in [0.05, 0.1) is 12.7 Å². The number of hydrogen-bond acceptors (Lipinski definition) is 3. The lowest BCUT2D eigenvalue weighted by molar-refractivity contribution is 0.0600. The maximum absolute atomic E-state index is 11.6. The van der Waals surface area contributed by atoms with E-state index in [1.165, 1.54) is 56.3 Å². The lowest BCUT2D eigenvalue weighted by atomic mass is 9.89. The second-order valence-electron chi connectivity index (χ2n) is 6.01. The van der Waals surface area contributed by atoms with Gasteiger partial charge in [-0.25, -0.2) is 4.79 Å². The summed E-state index contributed by atoms with van der Waals surface area (Å²) in [6.07, 6.45) is 8.37. The molecule has 0 spiro atoms. The number of ether oxygens (including phenoxy) is 1. The van der Waals surface area contributed by atoms with Crippen LogP contribution in [-0.2, 0) is 11.2 Å². The van der Waals surface area contributed by atoms with E-state index in [0.717, 1.165) is 19.3 Å². The Balaban J connectivity index is 1.71. The number of carbonyl (C=O) groups is 1. The first kappa shape index (κ1) is 14.3. The fraction of sp³-hybridized carbons (Fsp3) is 0.500. The van der Waals surface area contributed by atoms with Crippen molar-refractivity contribution in [2.75, 3.05) is 26.7 Å². The first-order chi connectivity index (χ1) is 10.3. The standard InChI is InChI=1S/C18H23NO2/c1-21-18(20)16-7-6-15-5-4-14(12-17(15)13-16)8-11-19-9-2-3-10-19/h6-7,12-13H,2-5,8-11H2,1H3. The third kappa shape index (κ3) is 3.35. The molecule has 0 aromatic heterocycles. The highest BCUT2D eigenvalue weighted by Gasteiger charge is 2.16. The van der Waals surface area contributed by atoms with Gasteiger partial charge in [-0.15, -0.1) is 0 Å². The molecule has 112 valence electrons. The smallest absolute Gasteiger partial charge is 0.337 e. The van der Waals surface area contributed by atoms with Crippen LogP contribution in [0, 0.1) is 0 Å². The van der Waals surface area contributed by atoms with E-state index in [2.05, 4.69) is 17.0 Å². The Labute approximate surface area is 126 Å². The minimum absolute atomic E-state index is 0.254. The molecule has 0 saturated carbocycles. The quantitative estimate of drug-likeness (QED) is 0.795. The molecule has 0 N–H and O–H groups in total. The molecular weight excluding hydrogens is 262 g/mol. The van der Waals surface area contributed by atoms with Crippen LogP contribution in [0.15, 0.2) is 23.8 Å². The van der Waals surface area contributed by atoms with Crippen molar-refractivity contribution in [3.63, 3.8) is 0 Å². The third-order valence-corrected chi connectivity index (χ3v) is 4.59. The summed E-state index contributed by atoms with van der Waals surface area (Å²) in [7, 11) is 1.43. The van der Waals surface area contributed by atoms with Crippen LogP contribution in [-0.4, -0.2) is 37.6 Å². The number of likely N-dealkylation sites (tertiary alicyclic amines) is 1. The number of esters is 1. The molecule has 1 aliphatic carbocycles. The minimum atomic E-state index is -0.254. The summed E-state index contributed by atoms with van der Waals surface area (Å²) >= 11 is 0. The molecular formula is C18H23NO2. The van der Waals surface area contributed by atoms with Gasteiger partial charge in [0.1, 0.15) is 0 Å². The van der Waals surface area contributed by atoms with Crippen LogP contribution in [0.25, 0.3) is 6.08 Å². The summed E-state index contributed by atoms with van der Waals surface area (Å²) in [6.45, 7) is 3.70. The van der Waals surface area contributed by atoms with Crippen molar-refractivity contribution >= 4 is 12.0 Å². The fourth-order valence-electron chi connectivity index (χ4n) is 3.29. The van der Waals surface area contributed by atoms with Crippen molar-refractivity contribution in [1.29, 1.82) is 0 Å². The molecule has 0 radical (unpaired) electrons. The molecule has 1 aromatic rings. The molecule has 1 heterocycles. The zero-order valence-corrected chi connectivity index (χ0v) is 12.7. The summed E-state index contributed by atoms with van der Waals surface area (Å²) in [6, 6.07) is 5.90. The van der Waals surface area contributed by atoms with Crippen LogP contribution in [0.1, 0.15) is 47.2 Å². The Morgan fingerprint density at radius 1 is 1.24 bits per heavy atom. The first-order valence-corrected chi connectivity index (χ1v) is 7.89. The summed E-state index contributed by atoms with van der Waals surface area (Å²) in [5, 5.41) is 0. The number of fused-ring (bicyclic) bond motifs is 1. The van der Waals surface area contributed by atoms with E-state index in [0.29, 0.717) is 5.56 Å². The van der Waals surface area contributed by atoms with E-state index in [4.69, 9.17) is 4.74 Å². The average molecular weight is 285 g/mol. The van der Waals surface area contributed by atoms with Gasteiger partial charge in [0.2, 0.25) is 0 Å². The maximum Gasteiger partial charge on any atom is 0.337 e. The van der Waals surface area contributed by atoms with Gasteiger partial charge in [-0.2, -0.15) is 0 Å². The average Bonchev–Trinajstić information content (AvgIpc) is 3.04. The zero-order valence-electron chi connectivity index (χ0n) is 12.7. The van der Waals surface area contributed by atoms with Crippen molar-refractivity contribution in [2.45, 2.75) is 32.1 Å². The van der Waals surface area contributed by atoms with Crippen LogP contribution >= 0.6 is 0 Å². The van der Waals surface area contributed by atoms with Gasteiger partial charge in [-0.1, -0.05) is 17.7 Å². The van der Waals surface area contributed by atoms with E-state index in [1.54, 1.807) is 0 Å². The zero-order chi connectivity index (χ0) is 14.7. The van der Waals surface area contributed by atoms with E-state index >= 15 is 0 Å². The van der Waals surface area contributed by atoms with Gasteiger partial charge in [-0.3, -0.25) is 0 Å².